The number of carbonyl (C=O) groups excluding carboxylic acids is 1. The Morgan fingerprint density at radius 2 is 1.93 bits per heavy atom. The molecule has 0 fully saturated rings. The molecule has 4 rings (SSSR count). The quantitative estimate of drug-likeness (QED) is 0.430. The molecule has 0 atom stereocenters. The maximum atomic E-state index is 13.0. The van der Waals surface area contributed by atoms with Gasteiger partial charge < -0.3 is 13.9 Å². The molecule has 0 aliphatic rings. The van der Waals surface area contributed by atoms with Crippen molar-refractivity contribution in [2.24, 2.45) is 0 Å². The van der Waals surface area contributed by atoms with Crippen LogP contribution in [0.1, 0.15) is 34.4 Å². The lowest BCUT2D eigenvalue weighted by Crippen LogP contribution is -2.08. The number of esters is 1. The lowest BCUT2D eigenvalue weighted by Gasteiger charge is -2.03. The van der Waals surface area contributed by atoms with Crippen molar-refractivity contribution in [1.29, 1.82) is 0 Å². The number of hydrogen-bond acceptors (Lipinski definition) is 7. The molecule has 148 valence electrons. The molecule has 0 bridgehead atoms. The van der Waals surface area contributed by atoms with Gasteiger partial charge in [-0.25, -0.2) is 9.18 Å². The van der Waals surface area contributed by atoms with E-state index in [1.165, 1.54) is 12.1 Å². The van der Waals surface area contributed by atoms with Crippen molar-refractivity contribution < 1.29 is 27.6 Å². The van der Waals surface area contributed by atoms with E-state index in [2.05, 4.69) is 10.1 Å². The Kier molecular flexibility index (Phi) is 5.24. The van der Waals surface area contributed by atoms with E-state index < -0.39 is 5.97 Å². The van der Waals surface area contributed by atoms with Gasteiger partial charge in [0.1, 0.15) is 17.0 Å². The summed E-state index contributed by atoms with van der Waals surface area (Å²) >= 11 is 0. The van der Waals surface area contributed by atoms with Crippen LogP contribution in [0.3, 0.4) is 0 Å². The molecule has 2 heterocycles. The summed E-state index contributed by atoms with van der Waals surface area (Å²) in [5.41, 5.74) is 1.70. The van der Waals surface area contributed by atoms with Crippen LogP contribution in [0.5, 0.6) is 6.08 Å². The van der Waals surface area contributed by atoms with Gasteiger partial charge in [-0.05, 0) is 30.7 Å². The highest BCUT2D eigenvalue weighted by molar-refractivity contribution is 6.04. The second-order valence-electron chi connectivity index (χ2n) is 6.19. The number of halogens is 1. The average Bonchev–Trinajstić information content (AvgIpc) is 3.32. The van der Waals surface area contributed by atoms with Gasteiger partial charge in [0.2, 0.25) is 0 Å². The van der Waals surface area contributed by atoms with Crippen LogP contribution in [0.15, 0.2) is 57.5 Å². The summed E-state index contributed by atoms with van der Waals surface area (Å²) in [5, 5.41) is 4.49. The number of rotatable bonds is 7. The smallest absolute Gasteiger partial charge is 0.417 e. The molecule has 4 aromatic rings. The second kappa shape index (κ2) is 8.14. The monoisotopic (exact) mass is 396 g/mol. The Balaban J connectivity index is 1.50. The standard InChI is InChI=1S/C21H17FN2O5/c1-2-26-20(25)19-15-5-3-4-6-16(15)28-17(19)12-27-21-23-18(24-29-21)11-13-7-9-14(22)10-8-13/h3-10H,2,11-12H2,1H3. The minimum Gasteiger partial charge on any atom is -0.462 e. The Labute approximate surface area is 165 Å². The summed E-state index contributed by atoms with van der Waals surface area (Å²) in [5.74, 6) is -0.0996. The number of fused-ring (bicyclic) bond motifs is 1. The van der Waals surface area contributed by atoms with Crippen molar-refractivity contribution in [2.75, 3.05) is 6.61 Å². The van der Waals surface area contributed by atoms with Gasteiger partial charge in [0, 0.05) is 11.8 Å². The van der Waals surface area contributed by atoms with Crippen LogP contribution in [0.25, 0.3) is 11.0 Å². The van der Waals surface area contributed by atoms with Crippen molar-refractivity contribution in [1.82, 2.24) is 10.1 Å². The predicted octanol–water partition coefficient (Wildman–Crippen LogP) is 4.30. The summed E-state index contributed by atoms with van der Waals surface area (Å²) in [4.78, 5) is 16.5. The summed E-state index contributed by atoms with van der Waals surface area (Å²) in [6.45, 7) is 1.90. The minimum atomic E-state index is -0.487. The molecule has 7 nitrogen and oxygen atoms in total. The third kappa shape index (κ3) is 4.11. The second-order valence-corrected chi connectivity index (χ2v) is 6.19. The zero-order valence-corrected chi connectivity index (χ0v) is 15.6. The van der Waals surface area contributed by atoms with Crippen LogP contribution < -0.4 is 4.74 Å². The highest BCUT2D eigenvalue weighted by Gasteiger charge is 2.23. The molecular weight excluding hydrogens is 379 g/mol. The predicted molar refractivity (Wildman–Crippen MR) is 100 cm³/mol. The van der Waals surface area contributed by atoms with Crippen LogP contribution in [0.4, 0.5) is 4.39 Å². The lowest BCUT2D eigenvalue weighted by molar-refractivity contribution is 0.0522. The number of hydrogen-bond donors (Lipinski definition) is 0. The molecule has 0 spiro atoms. The van der Waals surface area contributed by atoms with E-state index in [0.29, 0.717) is 34.5 Å². The van der Waals surface area contributed by atoms with Gasteiger partial charge >= 0.3 is 12.0 Å². The van der Waals surface area contributed by atoms with Gasteiger partial charge in [0.15, 0.2) is 18.2 Å². The van der Waals surface area contributed by atoms with Gasteiger partial charge in [0.05, 0.1) is 6.61 Å². The minimum absolute atomic E-state index is 0.0580. The maximum Gasteiger partial charge on any atom is 0.417 e. The normalized spacial score (nSPS) is 11.0. The largest absolute Gasteiger partial charge is 0.462 e. The SMILES string of the molecule is CCOC(=O)c1c(COc2nc(Cc3ccc(F)cc3)no2)oc2ccccc12. The molecule has 0 aliphatic heterocycles. The van der Waals surface area contributed by atoms with Gasteiger partial charge in [-0.15, -0.1) is 0 Å². The first-order valence-electron chi connectivity index (χ1n) is 9.01. The van der Waals surface area contributed by atoms with E-state index in [9.17, 15) is 9.18 Å². The maximum absolute atomic E-state index is 13.0. The molecule has 0 radical (unpaired) electrons. The van der Waals surface area contributed by atoms with Gasteiger partial charge in [-0.1, -0.05) is 35.5 Å². The van der Waals surface area contributed by atoms with Crippen LogP contribution in [-0.4, -0.2) is 22.7 Å². The summed E-state index contributed by atoms with van der Waals surface area (Å²) in [7, 11) is 0. The third-order valence-corrected chi connectivity index (χ3v) is 4.20. The molecule has 0 saturated carbocycles. The Hall–Kier alpha value is -3.68. The van der Waals surface area contributed by atoms with E-state index >= 15 is 0 Å². The van der Waals surface area contributed by atoms with Crippen molar-refractivity contribution in [3.05, 3.63) is 77.1 Å². The van der Waals surface area contributed by atoms with Crippen LogP contribution in [-0.2, 0) is 17.8 Å². The molecule has 29 heavy (non-hydrogen) atoms. The number of furan rings is 1. The third-order valence-electron chi connectivity index (χ3n) is 4.20. The first-order valence-corrected chi connectivity index (χ1v) is 9.01. The molecular formula is C21H17FN2O5. The fourth-order valence-corrected chi connectivity index (χ4v) is 2.91. The highest BCUT2D eigenvalue weighted by atomic mass is 19.1. The van der Waals surface area contributed by atoms with Gasteiger partial charge in [0.25, 0.3) is 0 Å². The Bertz CT molecular complexity index is 1130. The molecule has 0 aliphatic carbocycles. The van der Waals surface area contributed by atoms with E-state index in [1.54, 1.807) is 31.2 Å². The van der Waals surface area contributed by atoms with E-state index in [0.717, 1.165) is 5.56 Å². The number of carbonyl (C=O) groups is 1. The first-order chi connectivity index (χ1) is 14.1. The number of para-hydroxylation sites is 1. The molecule has 0 amide bonds. The summed E-state index contributed by atoms with van der Waals surface area (Å²) < 4.78 is 34.5. The lowest BCUT2D eigenvalue weighted by atomic mass is 10.1. The molecule has 2 aromatic carbocycles. The Morgan fingerprint density at radius 3 is 2.72 bits per heavy atom. The van der Waals surface area contributed by atoms with Crippen molar-refractivity contribution >= 4 is 16.9 Å². The molecule has 0 saturated heterocycles. The van der Waals surface area contributed by atoms with Crippen LogP contribution in [0.2, 0.25) is 0 Å². The molecule has 8 heteroatoms. The van der Waals surface area contributed by atoms with Crippen LogP contribution >= 0.6 is 0 Å². The zero-order chi connectivity index (χ0) is 20.2. The van der Waals surface area contributed by atoms with Gasteiger partial charge in [-0.3, -0.25) is 4.52 Å². The fraction of sp³-hybridized carbons (Fsp3) is 0.190. The van der Waals surface area contributed by atoms with Crippen molar-refractivity contribution in [2.45, 2.75) is 20.0 Å². The topological polar surface area (TPSA) is 87.6 Å². The summed E-state index contributed by atoms with van der Waals surface area (Å²) in [6.07, 6.45) is 0.309. The molecule has 2 aromatic heterocycles. The average molecular weight is 396 g/mol. The Morgan fingerprint density at radius 1 is 1.14 bits per heavy atom. The number of ether oxygens (including phenoxy) is 2. The van der Waals surface area contributed by atoms with Crippen molar-refractivity contribution in [3.63, 3.8) is 0 Å². The van der Waals surface area contributed by atoms with E-state index in [4.69, 9.17) is 18.4 Å². The highest BCUT2D eigenvalue weighted by Crippen LogP contribution is 2.27. The number of benzene rings is 2. The molecule has 0 unspecified atom stereocenters. The van der Waals surface area contributed by atoms with Crippen LogP contribution in [0, 0.1) is 5.82 Å². The number of aromatic nitrogens is 2. The van der Waals surface area contributed by atoms with Crippen molar-refractivity contribution in [3.8, 4) is 6.08 Å². The zero-order valence-electron chi connectivity index (χ0n) is 15.6. The summed E-state index contributed by atoms with van der Waals surface area (Å²) in [6, 6.07) is 13.2. The number of nitrogens with zero attached hydrogens (tertiary/aromatic N) is 2. The van der Waals surface area contributed by atoms with E-state index in [1.807, 2.05) is 12.1 Å². The first kappa shape index (κ1) is 18.7. The van der Waals surface area contributed by atoms with Gasteiger partial charge in [-0.2, -0.15) is 4.98 Å². The molecule has 0 N–H and O–H groups in total. The fourth-order valence-electron chi connectivity index (χ4n) is 2.91. The van der Waals surface area contributed by atoms with E-state index in [-0.39, 0.29) is 25.1 Å².